The first-order chi connectivity index (χ1) is 10.7. The summed E-state index contributed by atoms with van der Waals surface area (Å²) in [5.41, 5.74) is 2.05. The number of para-hydroxylation sites is 2. The third-order valence-corrected chi connectivity index (χ3v) is 4.36. The number of fused-ring (bicyclic) bond motifs is 2. The van der Waals surface area contributed by atoms with Gasteiger partial charge in [0.15, 0.2) is 17.3 Å². The van der Waals surface area contributed by atoms with Crippen LogP contribution in [-0.4, -0.2) is 60.8 Å². The Morgan fingerprint density at radius 2 is 1.64 bits per heavy atom. The van der Waals surface area contributed by atoms with E-state index in [1.165, 1.54) is 0 Å². The van der Waals surface area contributed by atoms with E-state index in [9.17, 15) is 0 Å². The smallest absolute Gasteiger partial charge is 0.179 e. The molecule has 2 N–H and O–H groups in total. The second-order valence-corrected chi connectivity index (χ2v) is 5.80. The molecule has 1 saturated heterocycles. The molecule has 1 aromatic heterocycles. The molecule has 0 spiro atoms. The molecule has 0 amide bonds. The monoisotopic (exact) mass is 387 g/mol. The number of anilines is 3. The van der Waals surface area contributed by atoms with Gasteiger partial charge in [-0.3, -0.25) is 0 Å². The standard InChI is InChI=1S/C16H19N5O.2ClH.H2O/c1-19-7-9-21(10-8-19)16-15-14(11-17-18-16)22-13-6-4-3-5-12(13)20(15)2;;;/h3-6,11H,7-10H2,1-2H3;2*1H;1H2. The molecule has 9 heteroatoms. The third-order valence-electron chi connectivity index (χ3n) is 4.36. The molecule has 0 atom stereocenters. The second kappa shape index (κ2) is 8.53. The van der Waals surface area contributed by atoms with Crippen LogP contribution in [0.15, 0.2) is 30.5 Å². The van der Waals surface area contributed by atoms with Crippen LogP contribution < -0.4 is 14.5 Å². The predicted molar refractivity (Wildman–Crippen MR) is 104 cm³/mol. The van der Waals surface area contributed by atoms with Crippen LogP contribution in [0.4, 0.5) is 17.2 Å². The summed E-state index contributed by atoms with van der Waals surface area (Å²) in [6.45, 7) is 3.98. The summed E-state index contributed by atoms with van der Waals surface area (Å²) in [4.78, 5) is 6.77. The van der Waals surface area contributed by atoms with E-state index in [2.05, 4.69) is 45.1 Å². The summed E-state index contributed by atoms with van der Waals surface area (Å²) < 4.78 is 6.02. The zero-order valence-electron chi connectivity index (χ0n) is 14.2. The minimum atomic E-state index is 0. The molecule has 0 aliphatic carbocycles. The number of rotatable bonds is 1. The molecular formula is C16H23Cl2N5O2. The van der Waals surface area contributed by atoms with Crippen LogP contribution in [0.3, 0.4) is 0 Å². The van der Waals surface area contributed by atoms with Gasteiger partial charge in [-0.1, -0.05) is 12.1 Å². The zero-order valence-corrected chi connectivity index (χ0v) is 15.8. The van der Waals surface area contributed by atoms with Crippen molar-refractivity contribution in [3.8, 4) is 11.5 Å². The van der Waals surface area contributed by atoms with Crippen LogP contribution in [0, 0.1) is 0 Å². The largest absolute Gasteiger partial charge is 0.451 e. The number of hydrogen-bond acceptors (Lipinski definition) is 6. The van der Waals surface area contributed by atoms with Crippen molar-refractivity contribution in [1.82, 2.24) is 15.1 Å². The second-order valence-electron chi connectivity index (χ2n) is 5.80. The van der Waals surface area contributed by atoms with Crippen LogP contribution in [0.5, 0.6) is 11.5 Å². The van der Waals surface area contributed by atoms with E-state index in [4.69, 9.17) is 4.74 Å². The third kappa shape index (κ3) is 3.74. The fourth-order valence-corrected chi connectivity index (χ4v) is 3.04. The molecule has 1 fully saturated rings. The van der Waals surface area contributed by atoms with Crippen LogP contribution >= 0.6 is 24.8 Å². The van der Waals surface area contributed by atoms with Gasteiger partial charge < -0.3 is 24.9 Å². The molecule has 0 saturated carbocycles. The normalized spacial score (nSPS) is 15.6. The Morgan fingerprint density at radius 3 is 2.36 bits per heavy atom. The van der Waals surface area contributed by atoms with Crippen molar-refractivity contribution in [2.24, 2.45) is 0 Å². The van der Waals surface area contributed by atoms with Gasteiger partial charge in [-0.05, 0) is 19.2 Å². The van der Waals surface area contributed by atoms with Crippen molar-refractivity contribution in [2.45, 2.75) is 0 Å². The first-order valence-corrected chi connectivity index (χ1v) is 7.54. The van der Waals surface area contributed by atoms with Gasteiger partial charge in [0.1, 0.15) is 5.69 Å². The van der Waals surface area contributed by atoms with Crippen molar-refractivity contribution in [2.75, 3.05) is 50.1 Å². The Balaban J connectivity index is 0.00000104. The Morgan fingerprint density at radius 1 is 0.960 bits per heavy atom. The molecule has 0 unspecified atom stereocenters. The Labute approximate surface area is 159 Å². The molecular weight excluding hydrogens is 365 g/mol. The van der Waals surface area contributed by atoms with Gasteiger partial charge in [0.25, 0.3) is 0 Å². The minimum Gasteiger partial charge on any atom is -0.451 e. The highest BCUT2D eigenvalue weighted by molar-refractivity contribution is 5.86. The van der Waals surface area contributed by atoms with E-state index in [1.807, 2.05) is 18.2 Å². The number of likely N-dealkylation sites (N-methyl/N-ethyl adjacent to an activating group) is 1. The first kappa shape index (κ1) is 21.2. The molecule has 2 aliphatic heterocycles. The Hall–Kier alpha value is -1.80. The Kier molecular flexibility index (Phi) is 7.25. The molecule has 138 valence electrons. The number of halogens is 2. The maximum atomic E-state index is 6.02. The number of piperazine rings is 1. The van der Waals surface area contributed by atoms with Gasteiger partial charge in [-0.25, -0.2) is 0 Å². The van der Waals surface area contributed by atoms with E-state index >= 15 is 0 Å². The lowest BCUT2D eigenvalue weighted by Gasteiger charge is -2.37. The van der Waals surface area contributed by atoms with E-state index in [1.54, 1.807) is 6.20 Å². The average molecular weight is 388 g/mol. The van der Waals surface area contributed by atoms with Gasteiger partial charge in [-0.15, -0.1) is 29.9 Å². The zero-order chi connectivity index (χ0) is 15.1. The Bertz CT molecular complexity index is 711. The molecule has 3 heterocycles. The fraction of sp³-hybridized carbons (Fsp3) is 0.375. The van der Waals surface area contributed by atoms with Gasteiger partial charge in [0.2, 0.25) is 0 Å². The average Bonchev–Trinajstić information content (AvgIpc) is 2.55. The van der Waals surface area contributed by atoms with Crippen LogP contribution in [-0.2, 0) is 0 Å². The molecule has 0 radical (unpaired) electrons. The van der Waals surface area contributed by atoms with E-state index in [-0.39, 0.29) is 30.3 Å². The lowest BCUT2D eigenvalue weighted by atomic mass is 10.2. The SMILES string of the molecule is CN1CCN(c2nncc3c2N(C)c2ccccc2O3)CC1.Cl.Cl.O. The first-order valence-electron chi connectivity index (χ1n) is 7.54. The summed E-state index contributed by atoms with van der Waals surface area (Å²) in [7, 11) is 4.20. The van der Waals surface area contributed by atoms with Gasteiger partial charge in [-0.2, -0.15) is 5.10 Å². The van der Waals surface area contributed by atoms with E-state index < -0.39 is 0 Å². The maximum Gasteiger partial charge on any atom is 0.179 e. The van der Waals surface area contributed by atoms with Crippen molar-refractivity contribution in [3.63, 3.8) is 0 Å². The molecule has 2 aliphatic rings. The lowest BCUT2D eigenvalue weighted by Crippen LogP contribution is -2.45. The quantitative estimate of drug-likeness (QED) is 0.745. The topological polar surface area (TPSA) is 76.2 Å². The number of aromatic nitrogens is 2. The van der Waals surface area contributed by atoms with Crippen molar-refractivity contribution in [3.05, 3.63) is 30.5 Å². The minimum absolute atomic E-state index is 0. The summed E-state index contributed by atoms with van der Waals surface area (Å²) in [5, 5.41) is 8.54. The number of benzene rings is 1. The number of nitrogens with zero attached hydrogens (tertiary/aromatic N) is 5. The van der Waals surface area contributed by atoms with Gasteiger partial charge >= 0.3 is 0 Å². The lowest BCUT2D eigenvalue weighted by molar-refractivity contribution is 0.311. The highest BCUT2D eigenvalue weighted by Gasteiger charge is 2.29. The maximum absolute atomic E-state index is 6.02. The van der Waals surface area contributed by atoms with E-state index in [0.29, 0.717) is 0 Å². The number of hydrogen-bond donors (Lipinski definition) is 0. The van der Waals surface area contributed by atoms with Crippen LogP contribution in [0.25, 0.3) is 0 Å². The molecule has 0 bridgehead atoms. The molecule has 1 aromatic carbocycles. The summed E-state index contributed by atoms with van der Waals surface area (Å²) in [6.07, 6.45) is 1.70. The predicted octanol–water partition coefficient (Wildman–Crippen LogP) is 2.12. The van der Waals surface area contributed by atoms with Crippen molar-refractivity contribution >= 4 is 42.0 Å². The molecule has 2 aromatic rings. The highest BCUT2D eigenvalue weighted by Crippen LogP contribution is 2.48. The number of ether oxygens (including phenoxy) is 1. The van der Waals surface area contributed by atoms with Crippen molar-refractivity contribution in [1.29, 1.82) is 0 Å². The van der Waals surface area contributed by atoms with Crippen molar-refractivity contribution < 1.29 is 10.2 Å². The summed E-state index contributed by atoms with van der Waals surface area (Å²) >= 11 is 0. The van der Waals surface area contributed by atoms with E-state index in [0.717, 1.165) is 54.9 Å². The van der Waals surface area contributed by atoms with Crippen LogP contribution in [0.2, 0.25) is 0 Å². The summed E-state index contributed by atoms with van der Waals surface area (Å²) in [5.74, 6) is 2.53. The molecule has 25 heavy (non-hydrogen) atoms. The van der Waals surface area contributed by atoms with Gasteiger partial charge in [0.05, 0.1) is 11.9 Å². The summed E-state index contributed by atoms with van der Waals surface area (Å²) in [6, 6.07) is 8.04. The highest BCUT2D eigenvalue weighted by atomic mass is 35.5. The van der Waals surface area contributed by atoms with Gasteiger partial charge in [0, 0.05) is 33.2 Å². The fourth-order valence-electron chi connectivity index (χ4n) is 3.04. The molecule has 7 nitrogen and oxygen atoms in total. The van der Waals surface area contributed by atoms with Crippen LogP contribution in [0.1, 0.15) is 0 Å². The molecule has 4 rings (SSSR count).